The summed E-state index contributed by atoms with van der Waals surface area (Å²) in [4.78, 5) is 11.3. The maximum Gasteiger partial charge on any atom is 0.322 e. The highest BCUT2D eigenvalue weighted by Gasteiger charge is 2.04. The first-order chi connectivity index (χ1) is 8.11. The molecule has 1 aromatic heterocycles. The lowest BCUT2D eigenvalue weighted by atomic mass is 10.6. The second-order valence-electron chi connectivity index (χ2n) is 2.90. The van der Waals surface area contributed by atoms with Crippen LogP contribution >= 0.6 is 0 Å². The van der Waals surface area contributed by atoms with Gasteiger partial charge in [-0.25, -0.2) is 8.78 Å². The number of nitrogens with zero attached hydrogens (tertiary/aromatic N) is 3. The van der Waals surface area contributed by atoms with Crippen LogP contribution in [-0.2, 0) is 4.74 Å². The second kappa shape index (κ2) is 6.74. The summed E-state index contributed by atoms with van der Waals surface area (Å²) < 4.78 is 32.9. The molecule has 0 spiro atoms. The van der Waals surface area contributed by atoms with E-state index in [1.54, 1.807) is 0 Å². The van der Waals surface area contributed by atoms with Crippen LogP contribution in [0.5, 0.6) is 6.01 Å². The number of nitrogen functional groups attached to an aromatic ring is 1. The van der Waals surface area contributed by atoms with Gasteiger partial charge >= 0.3 is 6.01 Å². The molecule has 17 heavy (non-hydrogen) atoms. The highest BCUT2D eigenvalue weighted by Crippen LogP contribution is 2.07. The minimum Gasteiger partial charge on any atom is -0.467 e. The Morgan fingerprint density at radius 1 is 1.35 bits per heavy atom. The Labute approximate surface area is 96.4 Å². The second-order valence-corrected chi connectivity index (χ2v) is 2.90. The van der Waals surface area contributed by atoms with Crippen LogP contribution in [0.4, 0.5) is 20.7 Å². The fourth-order valence-electron chi connectivity index (χ4n) is 0.950. The smallest absolute Gasteiger partial charge is 0.322 e. The molecule has 1 heterocycles. The summed E-state index contributed by atoms with van der Waals surface area (Å²) in [6, 6.07) is 0.0773. The Balaban J connectivity index is 2.33. The van der Waals surface area contributed by atoms with E-state index in [-0.39, 0.29) is 31.1 Å². The van der Waals surface area contributed by atoms with Crippen LogP contribution in [-0.4, -0.2) is 48.2 Å². The predicted molar refractivity (Wildman–Crippen MR) is 56.1 cm³/mol. The number of aromatic nitrogens is 3. The monoisotopic (exact) mass is 249 g/mol. The first-order valence-electron chi connectivity index (χ1n) is 4.77. The minimum absolute atomic E-state index is 0.00727. The summed E-state index contributed by atoms with van der Waals surface area (Å²) in [7, 11) is 1.39. The number of nitrogens with two attached hydrogens (primary N) is 1. The first kappa shape index (κ1) is 13.3. The van der Waals surface area contributed by atoms with Crippen LogP contribution < -0.4 is 15.8 Å². The minimum atomic E-state index is -2.47. The summed E-state index contributed by atoms with van der Waals surface area (Å²) in [6.45, 7) is -0.206. The van der Waals surface area contributed by atoms with Gasteiger partial charge in [-0.2, -0.15) is 15.0 Å². The first-order valence-corrected chi connectivity index (χ1v) is 4.77. The maximum atomic E-state index is 11.7. The third-order valence-corrected chi connectivity index (χ3v) is 1.59. The molecule has 96 valence electrons. The summed E-state index contributed by atoms with van der Waals surface area (Å²) in [5, 5.41) is 2.74. The maximum absolute atomic E-state index is 11.7. The van der Waals surface area contributed by atoms with Crippen LogP contribution in [0.2, 0.25) is 0 Å². The average Bonchev–Trinajstić information content (AvgIpc) is 2.27. The van der Waals surface area contributed by atoms with E-state index in [4.69, 9.17) is 10.5 Å². The molecule has 0 aromatic carbocycles. The average molecular weight is 249 g/mol. The molecule has 7 nitrogen and oxygen atoms in total. The molecule has 0 saturated carbocycles. The van der Waals surface area contributed by atoms with Crippen molar-refractivity contribution in [2.75, 3.05) is 37.9 Å². The third-order valence-electron chi connectivity index (χ3n) is 1.59. The van der Waals surface area contributed by atoms with E-state index < -0.39 is 13.0 Å². The number of nitrogens with one attached hydrogen (secondary N) is 1. The van der Waals surface area contributed by atoms with Crippen molar-refractivity contribution in [3.05, 3.63) is 0 Å². The van der Waals surface area contributed by atoms with Gasteiger partial charge in [0, 0.05) is 6.54 Å². The molecule has 0 fully saturated rings. The molecule has 0 aliphatic carbocycles. The van der Waals surface area contributed by atoms with Gasteiger partial charge in [0.2, 0.25) is 11.9 Å². The molecule has 9 heteroatoms. The van der Waals surface area contributed by atoms with E-state index in [2.05, 4.69) is 25.0 Å². The number of hydrogen-bond donors (Lipinski definition) is 2. The topological polar surface area (TPSA) is 95.2 Å². The summed E-state index contributed by atoms with van der Waals surface area (Å²) in [5.74, 6) is 0.211. The van der Waals surface area contributed by atoms with Crippen molar-refractivity contribution < 1.29 is 18.3 Å². The Bertz CT molecular complexity index is 353. The predicted octanol–water partition coefficient (Wildman–Crippen LogP) is 0.156. The van der Waals surface area contributed by atoms with Crippen molar-refractivity contribution in [2.45, 2.75) is 6.43 Å². The molecular weight excluding hydrogens is 236 g/mol. The van der Waals surface area contributed by atoms with Crippen LogP contribution in [0.15, 0.2) is 0 Å². The van der Waals surface area contributed by atoms with E-state index >= 15 is 0 Å². The van der Waals surface area contributed by atoms with Crippen LogP contribution in [0.1, 0.15) is 0 Å². The molecule has 3 N–H and O–H groups in total. The molecule has 0 saturated heterocycles. The van der Waals surface area contributed by atoms with Gasteiger partial charge in [0.1, 0.15) is 6.61 Å². The number of methoxy groups -OCH3 is 1. The lowest BCUT2D eigenvalue weighted by molar-refractivity contribution is 0.0214. The highest BCUT2D eigenvalue weighted by molar-refractivity contribution is 5.32. The Kier molecular flexibility index (Phi) is 5.27. The van der Waals surface area contributed by atoms with Gasteiger partial charge in [0.05, 0.1) is 13.7 Å². The van der Waals surface area contributed by atoms with E-state index in [1.807, 2.05) is 0 Å². The fraction of sp³-hybridized carbons (Fsp3) is 0.625. The van der Waals surface area contributed by atoms with Gasteiger partial charge in [-0.1, -0.05) is 0 Å². The number of halogens is 2. The fourth-order valence-corrected chi connectivity index (χ4v) is 0.950. The summed E-state index contributed by atoms with van der Waals surface area (Å²) >= 11 is 0. The number of anilines is 2. The zero-order valence-corrected chi connectivity index (χ0v) is 9.19. The van der Waals surface area contributed by atoms with Crippen molar-refractivity contribution in [1.29, 1.82) is 0 Å². The number of ether oxygens (including phenoxy) is 2. The van der Waals surface area contributed by atoms with Crippen molar-refractivity contribution >= 4 is 11.9 Å². The standard InChI is InChI=1S/C8H13F2N5O2/c1-16-8-14-6(11)13-7(15-8)12-2-3-17-4-5(9)10/h5H,2-4H2,1H3,(H3,11,12,13,14,15). The van der Waals surface area contributed by atoms with E-state index in [1.165, 1.54) is 7.11 Å². The normalized spacial score (nSPS) is 10.6. The molecular formula is C8H13F2N5O2. The zero-order valence-electron chi connectivity index (χ0n) is 9.19. The summed E-state index contributed by atoms with van der Waals surface area (Å²) in [5.41, 5.74) is 5.39. The van der Waals surface area contributed by atoms with Gasteiger partial charge in [0.25, 0.3) is 6.43 Å². The van der Waals surface area contributed by atoms with Crippen LogP contribution in [0.3, 0.4) is 0 Å². The molecule has 1 aromatic rings. The largest absolute Gasteiger partial charge is 0.467 e. The van der Waals surface area contributed by atoms with E-state index in [0.717, 1.165) is 0 Å². The number of rotatable bonds is 7. The molecule has 0 radical (unpaired) electrons. The third kappa shape index (κ3) is 5.20. The van der Waals surface area contributed by atoms with Gasteiger partial charge < -0.3 is 20.5 Å². The van der Waals surface area contributed by atoms with Crippen LogP contribution in [0.25, 0.3) is 0 Å². The van der Waals surface area contributed by atoms with Crippen molar-refractivity contribution in [3.8, 4) is 6.01 Å². The van der Waals surface area contributed by atoms with Crippen molar-refractivity contribution in [1.82, 2.24) is 15.0 Å². The number of alkyl halides is 2. The van der Waals surface area contributed by atoms with Crippen molar-refractivity contribution in [3.63, 3.8) is 0 Å². The molecule has 0 aliphatic rings. The molecule has 0 bridgehead atoms. The SMILES string of the molecule is COc1nc(N)nc(NCCOCC(F)F)n1. The van der Waals surface area contributed by atoms with Crippen molar-refractivity contribution in [2.24, 2.45) is 0 Å². The lowest BCUT2D eigenvalue weighted by Gasteiger charge is -2.06. The van der Waals surface area contributed by atoms with Crippen LogP contribution in [0, 0.1) is 0 Å². The van der Waals surface area contributed by atoms with E-state index in [0.29, 0.717) is 0 Å². The Morgan fingerprint density at radius 2 is 2.12 bits per heavy atom. The quantitative estimate of drug-likeness (QED) is 0.664. The molecule has 0 aliphatic heterocycles. The van der Waals surface area contributed by atoms with Gasteiger partial charge in [-0.3, -0.25) is 0 Å². The Morgan fingerprint density at radius 3 is 2.76 bits per heavy atom. The van der Waals surface area contributed by atoms with E-state index in [9.17, 15) is 8.78 Å². The number of hydrogen-bond acceptors (Lipinski definition) is 7. The lowest BCUT2D eigenvalue weighted by Crippen LogP contribution is -2.15. The molecule has 0 atom stereocenters. The Hall–Kier alpha value is -1.77. The zero-order chi connectivity index (χ0) is 12.7. The van der Waals surface area contributed by atoms with Gasteiger partial charge in [-0.15, -0.1) is 0 Å². The van der Waals surface area contributed by atoms with Gasteiger partial charge in [-0.05, 0) is 0 Å². The molecule has 0 amide bonds. The van der Waals surface area contributed by atoms with Gasteiger partial charge in [0.15, 0.2) is 0 Å². The highest BCUT2D eigenvalue weighted by atomic mass is 19.3. The molecule has 1 rings (SSSR count). The molecule has 0 unspecified atom stereocenters. The summed E-state index contributed by atoms with van der Waals surface area (Å²) in [6.07, 6.45) is -2.47.